The quantitative estimate of drug-likeness (QED) is 0.609. The number of hydrogen-bond acceptors (Lipinski definition) is 6. The molecule has 2 heterocycles. The largest absolute Gasteiger partial charge is 0.870 e. The number of rotatable bonds is 2. The zero-order valence-corrected chi connectivity index (χ0v) is 11.9. The van der Waals surface area contributed by atoms with E-state index in [1.807, 2.05) is 18.7 Å². The normalized spacial score (nSPS) is 17.8. The van der Waals surface area contributed by atoms with Crippen LogP contribution in [0.25, 0.3) is 0 Å². The summed E-state index contributed by atoms with van der Waals surface area (Å²) in [6.07, 6.45) is 0. The fourth-order valence-electron chi connectivity index (χ4n) is 2.07. The number of anilines is 1. The van der Waals surface area contributed by atoms with Crippen LogP contribution in [0.5, 0.6) is 0 Å². The summed E-state index contributed by atoms with van der Waals surface area (Å²) < 4.78 is 5.64. The van der Waals surface area contributed by atoms with Gasteiger partial charge in [0, 0.05) is 6.92 Å². The number of H-pyrrole nitrogens is 1. The van der Waals surface area contributed by atoms with E-state index in [9.17, 15) is 4.91 Å². The van der Waals surface area contributed by atoms with Gasteiger partial charge in [-0.25, -0.2) is 4.98 Å². The summed E-state index contributed by atoms with van der Waals surface area (Å²) in [6.45, 7) is 7.73. The van der Waals surface area contributed by atoms with Gasteiger partial charge in [0.15, 0.2) is 0 Å². The third-order valence-electron chi connectivity index (χ3n) is 2.82. The number of ether oxygens (including phenoxy) is 1. The summed E-state index contributed by atoms with van der Waals surface area (Å²) >= 11 is 5.94. The molecule has 1 aliphatic rings. The lowest BCUT2D eigenvalue weighted by atomic mass is 10.1. The number of nitrogens with one attached hydrogen (secondary N) is 1. The molecule has 0 amide bonds. The summed E-state index contributed by atoms with van der Waals surface area (Å²) in [5, 5.41) is 3.10. The van der Waals surface area contributed by atoms with Gasteiger partial charge in [0.2, 0.25) is 16.7 Å². The monoisotopic (exact) mass is 288 g/mol. The van der Waals surface area contributed by atoms with Crippen molar-refractivity contribution < 1.29 is 15.2 Å². The summed E-state index contributed by atoms with van der Waals surface area (Å²) in [4.78, 5) is 20.0. The number of aromatic nitrogens is 2. The fraction of sp³-hybridized carbons (Fsp3) is 0.636. The lowest BCUT2D eigenvalue weighted by Crippen LogP contribution is -2.50. The zero-order valence-electron chi connectivity index (χ0n) is 11.1. The minimum absolute atomic E-state index is 0. The third kappa shape index (κ3) is 3.37. The van der Waals surface area contributed by atoms with E-state index in [0.717, 1.165) is 0 Å². The van der Waals surface area contributed by atoms with Crippen LogP contribution in [0.15, 0.2) is 5.18 Å². The van der Waals surface area contributed by atoms with Gasteiger partial charge < -0.3 is 10.2 Å². The van der Waals surface area contributed by atoms with E-state index in [1.54, 1.807) is 6.92 Å². The number of aryl methyl sites for hydroxylation is 1. The van der Waals surface area contributed by atoms with Gasteiger partial charge in [0.1, 0.15) is 0 Å². The molecule has 0 radical (unpaired) electrons. The molecule has 0 bridgehead atoms. The van der Waals surface area contributed by atoms with Gasteiger partial charge in [-0.1, -0.05) is 4.98 Å². The maximum Gasteiger partial charge on any atom is 0.256 e. The highest BCUT2D eigenvalue weighted by atomic mass is 35.5. The summed E-state index contributed by atoms with van der Waals surface area (Å²) in [6, 6.07) is 0. The Balaban J connectivity index is 0.00000180. The first-order valence-electron chi connectivity index (χ1n) is 5.74. The first-order valence-corrected chi connectivity index (χ1v) is 6.12. The molecular formula is C11H17ClN4O3. The van der Waals surface area contributed by atoms with Gasteiger partial charge in [0.25, 0.3) is 5.82 Å². The smallest absolute Gasteiger partial charge is 0.256 e. The van der Waals surface area contributed by atoms with Crippen LogP contribution in [-0.4, -0.2) is 35.8 Å². The number of nitrogens with zero attached hydrogens (tertiary/aromatic N) is 3. The Labute approximate surface area is 116 Å². The van der Waals surface area contributed by atoms with Crippen LogP contribution < -0.4 is 9.88 Å². The molecule has 1 fully saturated rings. The molecule has 2 rings (SSSR count). The Morgan fingerprint density at radius 3 is 2.79 bits per heavy atom. The van der Waals surface area contributed by atoms with Crippen LogP contribution in [0.3, 0.4) is 0 Å². The van der Waals surface area contributed by atoms with Gasteiger partial charge in [-0.05, 0) is 30.6 Å². The molecule has 7 nitrogen and oxygen atoms in total. The Morgan fingerprint density at radius 2 is 2.21 bits per heavy atom. The van der Waals surface area contributed by atoms with E-state index in [2.05, 4.69) is 15.1 Å². The number of morpholine rings is 1. The summed E-state index contributed by atoms with van der Waals surface area (Å²) in [5.74, 6) is 1.26. The SMILES string of the molecule is Cc1nc(Cl)c(N=O)c(N2CCOC(C)(C)C2)[nH+]1.[OH-]. The van der Waals surface area contributed by atoms with Crippen LogP contribution in [0.1, 0.15) is 19.7 Å². The molecule has 0 spiro atoms. The molecule has 1 aromatic heterocycles. The molecular weight excluding hydrogens is 272 g/mol. The van der Waals surface area contributed by atoms with Crippen molar-refractivity contribution in [2.45, 2.75) is 26.4 Å². The number of halogens is 1. The lowest BCUT2D eigenvalue weighted by molar-refractivity contribution is -0.379. The van der Waals surface area contributed by atoms with Crippen molar-refractivity contribution in [2.75, 3.05) is 24.6 Å². The average molecular weight is 289 g/mol. The molecule has 2 N–H and O–H groups in total. The fourth-order valence-corrected chi connectivity index (χ4v) is 2.32. The van der Waals surface area contributed by atoms with E-state index in [-0.39, 0.29) is 21.9 Å². The highest BCUT2D eigenvalue weighted by Gasteiger charge is 2.34. The molecule has 0 saturated carbocycles. The van der Waals surface area contributed by atoms with Gasteiger partial charge in [-0.3, -0.25) is 4.90 Å². The van der Waals surface area contributed by atoms with E-state index >= 15 is 0 Å². The second-order valence-corrected chi connectivity index (χ2v) is 5.29. The molecule has 1 aromatic rings. The van der Waals surface area contributed by atoms with Crippen LogP contribution in [0.2, 0.25) is 5.15 Å². The highest BCUT2D eigenvalue weighted by Crippen LogP contribution is 2.32. The van der Waals surface area contributed by atoms with Crippen LogP contribution in [-0.2, 0) is 4.74 Å². The van der Waals surface area contributed by atoms with Crippen molar-refractivity contribution in [3.63, 3.8) is 0 Å². The van der Waals surface area contributed by atoms with Gasteiger partial charge in [-0.2, -0.15) is 0 Å². The maximum absolute atomic E-state index is 10.9. The Kier molecular flexibility index (Phi) is 4.78. The van der Waals surface area contributed by atoms with Crippen molar-refractivity contribution in [2.24, 2.45) is 5.18 Å². The Morgan fingerprint density at radius 1 is 1.53 bits per heavy atom. The third-order valence-corrected chi connectivity index (χ3v) is 3.08. The average Bonchev–Trinajstić information content (AvgIpc) is 2.26. The van der Waals surface area contributed by atoms with E-state index < -0.39 is 0 Å². The number of nitroso groups, excluding NO2 is 1. The van der Waals surface area contributed by atoms with Crippen LogP contribution >= 0.6 is 11.6 Å². The second kappa shape index (κ2) is 5.77. The van der Waals surface area contributed by atoms with Crippen molar-refractivity contribution in [3.05, 3.63) is 15.9 Å². The molecule has 19 heavy (non-hydrogen) atoms. The molecule has 0 aliphatic carbocycles. The maximum atomic E-state index is 10.9. The highest BCUT2D eigenvalue weighted by molar-refractivity contribution is 6.32. The van der Waals surface area contributed by atoms with Crippen molar-refractivity contribution in [1.82, 2.24) is 4.98 Å². The predicted octanol–water partition coefficient (Wildman–Crippen LogP) is 1.69. The first kappa shape index (κ1) is 15.7. The Hall–Kier alpha value is -1.31. The molecule has 1 aliphatic heterocycles. The zero-order chi connectivity index (χ0) is 13.3. The molecule has 106 valence electrons. The van der Waals surface area contributed by atoms with Crippen molar-refractivity contribution in [1.29, 1.82) is 0 Å². The molecule has 1 saturated heterocycles. The lowest BCUT2D eigenvalue weighted by Gasteiger charge is -2.35. The second-order valence-electron chi connectivity index (χ2n) is 4.93. The molecule has 0 atom stereocenters. The Bertz CT molecular complexity index is 481. The predicted molar refractivity (Wildman–Crippen MR) is 70.2 cm³/mol. The van der Waals surface area contributed by atoms with E-state index in [0.29, 0.717) is 31.3 Å². The molecule has 8 heteroatoms. The van der Waals surface area contributed by atoms with E-state index in [4.69, 9.17) is 16.3 Å². The van der Waals surface area contributed by atoms with Gasteiger partial charge >= 0.3 is 0 Å². The molecule has 0 unspecified atom stereocenters. The van der Waals surface area contributed by atoms with Crippen molar-refractivity contribution >= 4 is 23.1 Å². The number of hydrogen-bond donors (Lipinski definition) is 0. The van der Waals surface area contributed by atoms with Crippen molar-refractivity contribution in [3.8, 4) is 0 Å². The first-order chi connectivity index (χ1) is 8.43. The topological polar surface area (TPSA) is 98.9 Å². The van der Waals surface area contributed by atoms with Gasteiger partial charge in [-0.15, -0.1) is 4.91 Å². The summed E-state index contributed by atoms with van der Waals surface area (Å²) in [5.41, 5.74) is -0.115. The standard InChI is InChI=1S/C11H15ClN4O2.H2O/c1-7-13-9(12)8(15-17)10(14-7)16-4-5-18-11(2,3)6-16;/h4-6H2,1-3H3;1H2. The number of aromatic amines is 1. The van der Waals surface area contributed by atoms with Crippen LogP contribution in [0, 0.1) is 11.8 Å². The minimum Gasteiger partial charge on any atom is -0.870 e. The van der Waals surface area contributed by atoms with Gasteiger partial charge in [0.05, 0.1) is 25.3 Å². The van der Waals surface area contributed by atoms with Crippen LogP contribution in [0.4, 0.5) is 11.5 Å². The molecule has 0 aromatic carbocycles. The van der Waals surface area contributed by atoms with E-state index in [1.165, 1.54) is 0 Å². The summed E-state index contributed by atoms with van der Waals surface area (Å²) in [7, 11) is 0. The minimum atomic E-state index is -0.268.